The van der Waals surface area contributed by atoms with Crippen molar-refractivity contribution >= 4 is 0 Å². The molecule has 1 aliphatic heterocycles. The van der Waals surface area contributed by atoms with Gasteiger partial charge in [-0.15, -0.1) is 0 Å². The summed E-state index contributed by atoms with van der Waals surface area (Å²) in [7, 11) is 1.75. The number of ether oxygens (including phenoxy) is 2. The van der Waals surface area contributed by atoms with Crippen molar-refractivity contribution in [1.29, 1.82) is 0 Å². The number of methoxy groups -OCH3 is 1. The van der Waals surface area contributed by atoms with Gasteiger partial charge in [0.25, 0.3) is 0 Å². The minimum atomic E-state index is 0.287. The fourth-order valence-corrected chi connectivity index (χ4v) is 3.35. The standard InChI is InChI=1S/C14H27NO2/c1-16-11-9-15-8-4-13-5-10-17-14(12-13)6-2-3-7-14/h13,15H,2-12H2,1H3. The van der Waals surface area contributed by atoms with Gasteiger partial charge in [0.1, 0.15) is 0 Å². The van der Waals surface area contributed by atoms with E-state index in [0.717, 1.165) is 32.2 Å². The van der Waals surface area contributed by atoms with Crippen molar-refractivity contribution in [3.8, 4) is 0 Å². The molecule has 0 amide bonds. The lowest BCUT2D eigenvalue weighted by Crippen LogP contribution is -2.38. The van der Waals surface area contributed by atoms with Crippen LogP contribution in [0, 0.1) is 5.92 Å². The van der Waals surface area contributed by atoms with E-state index in [0.29, 0.717) is 0 Å². The van der Waals surface area contributed by atoms with Crippen molar-refractivity contribution in [3.05, 3.63) is 0 Å². The van der Waals surface area contributed by atoms with E-state index in [-0.39, 0.29) is 5.60 Å². The zero-order chi connectivity index (χ0) is 12.0. The Morgan fingerprint density at radius 1 is 1.29 bits per heavy atom. The smallest absolute Gasteiger partial charge is 0.0685 e. The summed E-state index contributed by atoms with van der Waals surface area (Å²) in [5.41, 5.74) is 0.287. The van der Waals surface area contributed by atoms with Gasteiger partial charge in [-0.3, -0.25) is 0 Å². The highest BCUT2D eigenvalue weighted by Gasteiger charge is 2.39. The molecule has 2 rings (SSSR count). The van der Waals surface area contributed by atoms with Gasteiger partial charge in [-0.1, -0.05) is 12.8 Å². The maximum Gasteiger partial charge on any atom is 0.0685 e. The molecule has 0 aromatic carbocycles. The molecule has 0 aromatic heterocycles. The average Bonchev–Trinajstić information content (AvgIpc) is 2.77. The van der Waals surface area contributed by atoms with Crippen LogP contribution in [0.1, 0.15) is 44.9 Å². The fraction of sp³-hybridized carbons (Fsp3) is 1.00. The van der Waals surface area contributed by atoms with Crippen LogP contribution in [0.15, 0.2) is 0 Å². The third kappa shape index (κ3) is 3.94. The Morgan fingerprint density at radius 2 is 2.12 bits per heavy atom. The SMILES string of the molecule is COCCNCCC1CCOC2(CCCC2)C1. The largest absolute Gasteiger partial charge is 0.383 e. The van der Waals surface area contributed by atoms with E-state index < -0.39 is 0 Å². The van der Waals surface area contributed by atoms with Crippen LogP contribution in [0.5, 0.6) is 0 Å². The molecule has 100 valence electrons. The van der Waals surface area contributed by atoms with E-state index in [1.54, 1.807) is 7.11 Å². The van der Waals surface area contributed by atoms with Gasteiger partial charge in [0.05, 0.1) is 12.2 Å². The first kappa shape index (κ1) is 13.3. The predicted octanol–water partition coefficient (Wildman–Crippen LogP) is 2.35. The molecule has 1 saturated carbocycles. The molecule has 0 radical (unpaired) electrons. The van der Waals surface area contributed by atoms with Gasteiger partial charge in [-0.25, -0.2) is 0 Å². The zero-order valence-corrected chi connectivity index (χ0v) is 11.2. The molecule has 1 atom stereocenters. The van der Waals surface area contributed by atoms with Crippen LogP contribution >= 0.6 is 0 Å². The Morgan fingerprint density at radius 3 is 2.88 bits per heavy atom. The van der Waals surface area contributed by atoms with Crippen LogP contribution in [0.2, 0.25) is 0 Å². The Kier molecular flexibility index (Phi) is 5.26. The molecule has 1 unspecified atom stereocenters. The number of hydrogen-bond acceptors (Lipinski definition) is 3. The highest BCUT2D eigenvalue weighted by atomic mass is 16.5. The predicted molar refractivity (Wildman–Crippen MR) is 69.2 cm³/mol. The van der Waals surface area contributed by atoms with E-state index in [2.05, 4.69) is 5.32 Å². The van der Waals surface area contributed by atoms with E-state index in [4.69, 9.17) is 9.47 Å². The van der Waals surface area contributed by atoms with Crippen LogP contribution in [-0.2, 0) is 9.47 Å². The Balaban J connectivity index is 1.63. The summed E-state index contributed by atoms with van der Waals surface area (Å²) in [6, 6.07) is 0. The molecule has 1 N–H and O–H groups in total. The molecule has 1 aliphatic carbocycles. The molecule has 1 heterocycles. The second kappa shape index (κ2) is 6.72. The number of rotatable bonds is 6. The van der Waals surface area contributed by atoms with Crippen LogP contribution in [-0.4, -0.2) is 39.0 Å². The van der Waals surface area contributed by atoms with Crippen LogP contribution in [0.4, 0.5) is 0 Å². The molecule has 2 aliphatic rings. The Hall–Kier alpha value is -0.120. The molecule has 0 aromatic rings. The summed E-state index contributed by atoms with van der Waals surface area (Å²) in [6.45, 7) is 3.91. The molecule has 1 saturated heterocycles. The van der Waals surface area contributed by atoms with Gasteiger partial charge in [-0.2, -0.15) is 0 Å². The summed E-state index contributed by atoms with van der Waals surface area (Å²) >= 11 is 0. The molecular weight excluding hydrogens is 214 g/mol. The lowest BCUT2D eigenvalue weighted by atomic mass is 9.83. The molecule has 17 heavy (non-hydrogen) atoms. The summed E-state index contributed by atoms with van der Waals surface area (Å²) in [4.78, 5) is 0. The number of nitrogens with one attached hydrogen (secondary N) is 1. The summed E-state index contributed by atoms with van der Waals surface area (Å²) in [5.74, 6) is 0.872. The lowest BCUT2D eigenvalue weighted by molar-refractivity contribution is -0.0935. The van der Waals surface area contributed by atoms with Gasteiger partial charge < -0.3 is 14.8 Å². The number of hydrogen-bond donors (Lipinski definition) is 1. The quantitative estimate of drug-likeness (QED) is 0.724. The first-order valence-corrected chi connectivity index (χ1v) is 7.18. The fourth-order valence-electron chi connectivity index (χ4n) is 3.35. The zero-order valence-electron chi connectivity index (χ0n) is 11.2. The molecule has 2 fully saturated rings. The van der Waals surface area contributed by atoms with Gasteiger partial charge in [-0.05, 0) is 44.6 Å². The average molecular weight is 241 g/mol. The minimum Gasteiger partial charge on any atom is -0.383 e. The van der Waals surface area contributed by atoms with Crippen molar-refractivity contribution < 1.29 is 9.47 Å². The molecule has 3 heteroatoms. The highest BCUT2D eigenvalue weighted by molar-refractivity contribution is 4.91. The topological polar surface area (TPSA) is 30.5 Å². The van der Waals surface area contributed by atoms with Crippen LogP contribution in [0.3, 0.4) is 0 Å². The summed E-state index contributed by atoms with van der Waals surface area (Å²) in [6.07, 6.45) is 9.22. The Bertz CT molecular complexity index is 214. The molecular formula is C14H27NO2. The van der Waals surface area contributed by atoms with Crippen molar-refractivity contribution in [2.75, 3.05) is 33.4 Å². The van der Waals surface area contributed by atoms with Crippen molar-refractivity contribution in [1.82, 2.24) is 5.32 Å². The molecule has 1 spiro atoms. The first-order valence-electron chi connectivity index (χ1n) is 7.18. The monoisotopic (exact) mass is 241 g/mol. The summed E-state index contributed by atoms with van der Waals surface area (Å²) in [5, 5.41) is 3.45. The molecule has 0 bridgehead atoms. The van der Waals surface area contributed by atoms with Crippen molar-refractivity contribution in [2.45, 2.75) is 50.5 Å². The maximum atomic E-state index is 6.06. The van der Waals surface area contributed by atoms with Crippen molar-refractivity contribution in [3.63, 3.8) is 0 Å². The lowest BCUT2D eigenvalue weighted by Gasteiger charge is -2.38. The van der Waals surface area contributed by atoms with E-state index in [9.17, 15) is 0 Å². The van der Waals surface area contributed by atoms with Gasteiger partial charge in [0.2, 0.25) is 0 Å². The van der Waals surface area contributed by atoms with E-state index >= 15 is 0 Å². The maximum absolute atomic E-state index is 6.06. The van der Waals surface area contributed by atoms with Gasteiger partial charge in [0, 0.05) is 20.3 Å². The third-order valence-corrected chi connectivity index (χ3v) is 4.32. The van der Waals surface area contributed by atoms with Crippen LogP contribution < -0.4 is 5.32 Å². The second-order valence-electron chi connectivity index (χ2n) is 5.63. The summed E-state index contributed by atoms with van der Waals surface area (Å²) < 4.78 is 11.1. The highest BCUT2D eigenvalue weighted by Crippen LogP contribution is 2.42. The first-order chi connectivity index (χ1) is 8.35. The van der Waals surface area contributed by atoms with Crippen molar-refractivity contribution in [2.24, 2.45) is 5.92 Å². The second-order valence-corrected chi connectivity index (χ2v) is 5.63. The van der Waals surface area contributed by atoms with Gasteiger partial charge in [0.15, 0.2) is 0 Å². The van der Waals surface area contributed by atoms with E-state index in [1.807, 2.05) is 0 Å². The van der Waals surface area contributed by atoms with Crippen LogP contribution in [0.25, 0.3) is 0 Å². The Labute approximate surface area is 105 Å². The normalized spacial score (nSPS) is 27.7. The van der Waals surface area contributed by atoms with Gasteiger partial charge >= 0.3 is 0 Å². The molecule has 3 nitrogen and oxygen atoms in total. The minimum absolute atomic E-state index is 0.287. The van der Waals surface area contributed by atoms with E-state index in [1.165, 1.54) is 44.9 Å². The third-order valence-electron chi connectivity index (χ3n) is 4.32.